The van der Waals surface area contributed by atoms with Crippen LogP contribution in [0.25, 0.3) is 22.1 Å². The zero-order valence-corrected chi connectivity index (χ0v) is 14.9. The highest BCUT2D eigenvalue weighted by molar-refractivity contribution is 5.95. The van der Waals surface area contributed by atoms with Crippen LogP contribution in [-0.4, -0.2) is 37.8 Å². The van der Waals surface area contributed by atoms with E-state index in [2.05, 4.69) is 5.32 Å². The van der Waals surface area contributed by atoms with Crippen molar-refractivity contribution in [2.45, 2.75) is 6.85 Å². The third kappa shape index (κ3) is 4.17. The third-order valence-corrected chi connectivity index (χ3v) is 4.20. The fraction of sp³-hybridized carbons (Fsp3) is 0.238. The predicted octanol–water partition coefficient (Wildman–Crippen LogP) is 2.31. The van der Waals surface area contributed by atoms with E-state index in [9.17, 15) is 9.59 Å². The van der Waals surface area contributed by atoms with Gasteiger partial charge in [0.1, 0.15) is 5.58 Å². The summed E-state index contributed by atoms with van der Waals surface area (Å²) in [5, 5.41) is 12.0. The number of carbonyl (C=O) groups excluding carboxylic acids is 1. The minimum absolute atomic E-state index is 0.0529. The van der Waals surface area contributed by atoms with Crippen LogP contribution in [0.15, 0.2) is 57.7 Å². The molecule has 0 aliphatic rings. The smallest absolute Gasteiger partial charge is 0.336 e. The van der Waals surface area contributed by atoms with Crippen LogP contribution in [0.3, 0.4) is 0 Å². The second kappa shape index (κ2) is 8.05. The zero-order valence-electron chi connectivity index (χ0n) is 17.9. The molecule has 2 N–H and O–H groups in total. The third-order valence-electron chi connectivity index (χ3n) is 4.20. The van der Waals surface area contributed by atoms with Gasteiger partial charge >= 0.3 is 5.63 Å². The van der Waals surface area contributed by atoms with Gasteiger partial charge in [0.05, 0.1) is 13.2 Å². The number of nitrogens with zero attached hydrogens (tertiary/aromatic N) is 1. The van der Waals surface area contributed by atoms with E-state index in [1.165, 1.54) is 12.1 Å². The monoisotopic (exact) mass is 369 g/mol. The number of hydrogen-bond acceptors (Lipinski definition) is 5. The Bertz CT molecular complexity index is 1130. The molecular weight excluding hydrogens is 344 g/mol. The van der Waals surface area contributed by atoms with Crippen molar-refractivity contribution < 1.29 is 18.4 Å². The predicted molar refractivity (Wildman–Crippen MR) is 106 cm³/mol. The second-order valence-electron chi connectivity index (χ2n) is 6.13. The molecule has 0 fully saturated rings. The lowest BCUT2D eigenvalue weighted by Crippen LogP contribution is -2.36. The lowest BCUT2D eigenvalue weighted by atomic mass is 9.98. The van der Waals surface area contributed by atoms with Crippen molar-refractivity contribution in [2.24, 2.45) is 0 Å². The highest BCUT2D eigenvalue weighted by Crippen LogP contribution is 2.31. The van der Waals surface area contributed by atoms with Gasteiger partial charge in [0, 0.05) is 46.5 Å². The SMILES string of the molecule is [2H]C([2H])([2H])c1ccccc1-c1cc(=O)oc2cc(N(C)CC(=O)NCCO)ccc12. The van der Waals surface area contributed by atoms with E-state index < -0.39 is 12.5 Å². The lowest BCUT2D eigenvalue weighted by Gasteiger charge is -2.19. The number of fused-ring (bicyclic) bond motifs is 1. The van der Waals surface area contributed by atoms with E-state index in [4.69, 9.17) is 13.6 Å². The highest BCUT2D eigenvalue weighted by atomic mass is 16.4. The van der Waals surface area contributed by atoms with Gasteiger partial charge in [-0.2, -0.15) is 0 Å². The van der Waals surface area contributed by atoms with E-state index in [-0.39, 0.29) is 36.8 Å². The Balaban J connectivity index is 2.05. The first kappa shape index (κ1) is 15.0. The maximum absolute atomic E-state index is 12.2. The summed E-state index contributed by atoms with van der Waals surface area (Å²) in [5.74, 6) is -0.256. The molecule has 3 rings (SSSR count). The molecule has 27 heavy (non-hydrogen) atoms. The summed E-state index contributed by atoms with van der Waals surface area (Å²) < 4.78 is 28.8. The molecule has 3 aromatic rings. The van der Waals surface area contributed by atoms with Gasteiger partial charge in [-0.05, 0) is 30.1 Å². The lowest BCUT2D eigenvalue weighted by molar-refractivity contribution is -0.119. The highest BCUT2D eigenvalue weighted by Gasteiger charge is 2.13. The number of rotatable bonds is 6. The molecular formula is C21H22N2O4. The molecule has 0 spiro atoms. The molecule has 0 aliphatic heterocycles. The van der Waals surface area contributed by atoms with Crippen LogP contribution in [0.1, 0.15) is 9.68 Å². The van der Waals surface area contributed by atoms with E-state index >= 15 is 0 Å². The van der Waals surface area contributed by atoms with Gasteiger partial charge in [0.15, 0.2) is 0 Å². The summed E-state index contributed by atoms with van der Waals surface area (Å²) >= 11 is 0. The van der Waals surface area contributed by atoms with Crippen LogP contribution in [-0.2, 0) is 4.79 Å². The summed E-state index contributed by atoms with van der Waals surface area (Å²) in [6.07, 6.45) is 0. The summed E-state index contributed by atoms with van der Waals surface area (Å²) in [6.45, 7) is -2.25. The van der Waals surface area contributed by atoms with Gasteiger partial charge in [0.2, 0.25) is 5.91 Å². The zero-order chi connectivity index (χ0) is 21.9. The molecule has 0 unspecified atom stereocenters. The Labute approximate surface area is 161 Å². The number of benzene rings is 2. The Morgan fingerprint density at radius 1 is 1.22 bits per heavy atom. The number of aliphatic hydroxyl groups excluding tert-OH is 1. The fourth-order valence-electron chi connectivity index (χ4n) is 2.89. The minimum atomic E-state index is -2.33. The maximum Gasteiger partial charge on any atom is 0.336 e. The molecule has 6 heteroatoms. The van der Waals surface area contributed by atoms with Crippen molar-refractivity contribution in [1.82, 2.24) is 5.32 Å². The number of carbonyl (C=O) groups is 1. The number of aryl methyl sites for hydroxylation is 1. The first-order valence-electron chi connectivity index (χ1n) is 9.97. The van der Waals surface area contributed by atoms with Crippen molar-refractivity contribution in [3.05, 3.63) is 64.5 Å². The molecule has 0 bridgehead atoms. The van der Waals surface area contributed by atoms with E-state index in [1.54, 1.807) is 48.3 Å². The summed E-state index contributed by atoms with van der Waals surface area (Å²) in [4.78, 5) is 25.8. The largest absolute Gasteiger partial charge is 0.423 e. The van der Waals surface area contributed by atoms with Crippen molar-refractivity contribution in [2.75, 3.05) is 31.6 Å². The van der Waals surface area contributed by atoms with Crippen LogP contribution in [0, 0.1) is 6.85 Å². The van der Waals surface area contributed by atoms with Crippen LogP contribution >= 0.6 is 0 Å². The summed E-state index contributed by atoms with van der Waals surface area (Å²) in [5.41, 5.74) is 1.41. The molecule has 0 saturated carbocycles. The molecule has 2 aromatic carbocycles. The molecule has 0 radical (unpaired) electrons. The van der Waals surface area contributed by atoms with E-state index in [1.807, 2.05) is 0 Å². The van der Waals surface area contributed by atoms with Crippen molar-refractivity contribution >= 4 is 22.6 Å². The van der Waals surface area contributed by atoms with Crippen LogP contribution in [0.2, 0.25) is 0 Å². The number of likely N-dealkylation sites (N-methyl/N-ethyl adjacent to an activating group) is 1. The van der Waals surface area contributed by atoms with Gasteiger partial charge in [-0.25, -0.2) is 4.79 Å². The van der Waals surface area contributed by atoms with Crippen molar-refractivity contribution in [1.29, 1.82) is 0 Å². The van der Waals surface area contributed by atoms with Gasteiger partial charge < -0.3 is 19.7 Å². The average molecular weight is 369 g/mol. The summed E-state index contributed by atoms with van der Waals surface area (Å²) in [6, 6.07) is 13.0. The Hall–Kier alpha value is -3.12. The van der Waals surface area contributed by atoms with E-state index in [0.29, 0.717) is 22.2 Å². The Kier molecular flexibility index (Phi) is 4.47. The molecule has 0 saturated heterocycles. The Morgan fingerprint density at radius 3 is 2.81 bits per heavy atom. The molecule has 6 nitrogen and oxygen atoms in total. The first-order chi connectivity index (χ1) is 14.2. The second-order valence-corrected chi connectivity index (χ2v) is 6.13. The van der Waals surface area contributed by atoms with Gasteiger partial charge in [-0.1, -0.05) is 24.3 Å². The van der Waals surface area contributed by atoms with Crippen molar-refractivity contribution in [3.8, 4) is 11.1 Å². The maximum atomic E-state index is 12.2. The molecule has 140 valence electrons. The topological polar surface area (TPSA) is 82.8 Å². The quantitative estimate of drug-likeness (QED) is 0.652. The number of anilines is 1. The Morgan fingerprint density at radius 2 is 2.04 bits per heavy atom. The first-order valence-corrected chi connectivity index (χ1v) is 8.47. The molecule has 1 heterocycles. The van der Waals surface area contributed by atoms with Crippen LogP contribution in [0.4, 0.5) is 5.69 Å². The number of nitrogens with one attached hydrogen (secondary N) is 1. The number of amides is 1. The number of hydrogen-bond donors (Lipinski definition) is 2. The van der Waals surface area contributed by atoms with Gasteiger partial charge in [0.25, 0.3) is 0 Å². The molecule has 1 amide bonds. The molecule has 0 atom stereocenters. The van der Waals surface area contributed by atoms with E-state index in [0.717, 1.165) is 0 Å². The van der Waals surface area contributed by atoms with Crippen LogP contribution < -0.4 is 15.8 Å². The normalized spacial score (nSPS) is 12.9. The molecule has 1 aromatic heterocycles. The van der Waals surface area contributed by atoms with Crippen molar-refractivity contribution in [3.63, 3.8) is 0 Å². The number of aliphatic hydroxyl groups is 1. The van der Waals surface area contributed by atoms with Gasteiger partial charge in [-0.3, -0.25) is 4.79 Å². The fourth-order valence-corrected chi connectivity index (χ4v) is 2.89. The standard InChI is InChI=1S/C21H22N2O4/c1-14-5-3-4-6-16(14)18-12-21(26)27-19-11-15(7-8-17(18)19)23(2)13-20(25)22-9-10-24/h3-8,11-12,24H,9-10,13H2,1-2H3,(H,22,25)/i1D3. The summed E-state index contributed by atoms with van der Waals surface area (Å²) in [7, 11) is 1.71. The minimum Gasteiger partial charge on any atom is -0.423 e. The van der Waals surface area contributed by atoms with Crippen LogP contribution in [0.5, 0.6) is 0 Å². The van der Waals surface area contributed by atoms with Gasteiger partial charge in [-0.15, -0.1) is 0 Å². The molecule has 0 aliphatic carbocycles. The average Bonchev–Trinajstić information content (AvgIpc) is 2.70.